The summed E-state index contributed by atoms with van der Waals surface area (Å²) in [5, 5.41) is 6.44. The predicted molar refractivity (Wildman–Crippen MR) is 90.0 cm³/mol. The van der Waals surface area contributed by atoms with Gasteiger partial charge in [-0.2, -0.15) is 0 Å². The summed E-state index contributed by atoms with van der Waals surface area (Å²) in [5.41, 5.74) is 0. The van der Waals surface area contributed by atoms with E-state index in [9.17, 15) is 4.79 Å². The summed E-state index contributed by atoms with van der Waals surface area (Å²) in [6, 6.07) is 0. The van der Waals surface area contributed by atoms with E-state index in [4.69, 9.17) is 0 Å². The highest BCUT2D eigenvalue weighted by molar-refractivity contribution is 5.85. The fourth-order valence-corrected chi connectivity index (χ4v) is 3.36. The highest BCUT2D eigenvalue weighted by atomic mass is 35.5. The topological polar surface area (TPSA) is 44.4 Å². The molecule has 2 fully saturated rings. The van der Waals surface area contributed by atoms with Gasteiger partial charge in [0.1, 0.15) is 0 Å². The maximum absolute atomic E-state index is 11.8. The van der Waals surface area contributed by atoms with E-state index >= 15 is 0 Å². The van der Waals surface area contributed by atoms with Crippen molar-refractivity contribution in [1.29, 1.82) is 0 Å². The van der Waals surface area contributed by atoms with Gasteiger partial charge in [0.05, 0.1) is 0 Å². The Morgan fingerprint density at radius 3 is 2.57 bits per heavy atom. The first-order valence-electron chi connectivity index (χ1n) is 8.54. The second-order valence-corrected chi connectivity index (χ2v) is 6.34. The summed E-state index contributed by atoms with van der Waals surface area (Å²) in [6.45, 7) is 6.46. The number of halogens is 1. The minimum Gasteiger partial charge on any atom is -0.356 e. The number of nitrogens with one attached hydrogen (secondary N) is 2. The molecule has 0 aromatic carbocycles. The van der Waals surface area contributed by atoms with Gasteiger partial charge in [-0.1, -0.05) is 32.1 Å². The van der Waals surface area contributed by atoms with Gasteiger partial charge in [0, 0.05) is 39.1 Å². The number of hydrogen-bond donors (Lipinski definition) is 2. The molecule has 0 radical (unpaired) electrons. The Labute approximate surface area is 135 Å². The standard InChI is InChI=1S/C16H31N3O.ClH/c20-16(8-7-15-5-2-1-3-6-15)18-9-4-12-19-13-10-17-11-14-19;/h15,17H,1-14H2,(H,18,20);1H. The van der Waals surface area contributed by atoms with E-state index in [1.807, 2.05) is 0 Å². The van der Waals surface area contributed by atoms with E-state index in [1.165, 1.54) is 32.1 Å². The first kappa shape index (κ1) is 18.7. The van der Waals surface area contributed by atoms with Gasteiger partial charge in [-0.05, 0) is 25.3 Å². The molecule has 2 N–H and O–H groups in total. The van der Waals surface area contributed by atoms with Crippen LogP contribution < -0.4 is 10.6 Å². The molecule has 21 heavy (non-hydrogen) atoms. The van der Waals surface area contributed by atoms with Gasteiger partial charge in [0.25, 0.3) is 0 Å². The molecule has 124 valence electrons. The summed E-state index contributed by atoms with van der Waals surface area (Å²) in [7, 11) is 0. The molecule has 1 aliphatic heterocycles. The van der Waals surface area contributed by atoms with Crippen LogP contribution >= 0.6 is 12.4 Å². The fraction of sp³-hybridized carbons (Fsp3) is 0.938. The smallest absolute Gasteiger partial charge is 0.220 e. The van der Waals surface area contributed by atoms with Crippen LogP contribution in [-0.2, 0) is 4.79 Å². The second-order valence-electron chi connectivity index (χ2n) is 6.34. The van der Waals surface area contributed by atoms with Crippen molar-refractivity contribution in [2.75, 3.05) is 39.3 Å². The quantitative estimate of drug-likeness (QED) is 0.707. The van der Waals surface area contributed by atoms with Gasteiger partial charge < -0.3 is 15.5 Å². The zero-order valence-electron chi connectivity index (χ0n) is 13.2. The van der Waals surface area contributed by atoms with E-state index in [2.05, 4.69) is 15.5 Å². The molecule has 4 nitrogen and oxygen atoms in total. The average molecular weight is 318 g/mol. The highest BCUT2D eigenvalue weighted by Crippen LogP contribution is 2.27. The van der Waals surface area contributed by atoms with Crippen LogP contribution in [0, 0.1) is 5.92 Å². The van der Waals surface area contributed by atoms with Crippen LogP contribution in [-0.4, -0.2) is 50.1 Å². The molecule has 1 amide bonds. The normalized spacial score (nSPS) is 20.8. The molecule has 0 spiro atoms. The third kappa shape index (κ3) is 8.03. The molecule has 0 bridgehead atoms. The maximum atomic E-state index is 11.8. The number of amides is 1. The van der Waals surface area contributed by atoms with Crippen LogP contribution in [0.1, 0.15) is 51.4 Å². The van der Waals surface area contributed by atoms with E-state index < -0.39 is 0 Å². The van der Waals surface area contributed by atoms with Crippen molar-refractivity contribution in [3.63, 3.8) is 0 Å². The van der Waals surface area contributed by atoms with Crippen molar-refractivity contribution in [3.05, 3.63) is 0 Å². The molecule has 1 saturated heterocycles. The number of hydrogen-bond acceptors (Lipinski definition) is 3. The molecule has 0 aromatic rings. The largest absolute Gasteiger partial charge is 0.356 e. The zero-order chi connectivity index (χ0) is 14.0. The summed E-state index contributed by atoms with van der Waals surface area (Å²) < 4.78 is 0. The number of carbonyl (C=O) groups excluding carboxylic acids is 1. The molecule has 0 unspecified atom stereocenters. The first-order chi connectivity index (χ1) is 9.84. The molecule has 2 rings (SSSR count). The lowest BCUT2D eigenvalue weighted by molar-refractivity contribution is -0.121. The van der Waals surface area contributed by atoms with E-state index in [1.54, 1.807) is 0 Å². The molecule has 0 atom stereocenters. The maximum Gasteiger partial charge on any atom is 0.220 e. The monoisotopic (exact) mass is 317 g/mol. The number of carbonyl (C=O) groups is 1. The Morgan fingerprint density at radius 2 is 1.86 bits per heavy atom. The van der Waals surface area contributed by atoms with Crippen LogP contribution in [0.15, 0.2) is 0 Å². The van der Waals surface area contributed by atoms with E-state index in [-0.39, 0.29) is 18.3 Å². The summed E-state index contributed by atoms with van der Waals surface area (Å²) >= 11 is 0. The Bertz CT molecular complexity index is 277. The molecular formula is C16H32ClN3O. The lowest BCUT2D eigenvalue weighted by Crippen LogP contribution is -2.44. The summed E-state index contributed by atoms with van der Waals surface area (Å²) in [4.78, 5) is 14.3. The Hall–Kier alpha value is -0.320. The lowest BCUT2D eigenvalue weighted by atomic mass is 9.86. The molecule has 1 aliphatic carbocycles. The van der Waals surface area contributed by atoms with E-state index in [0.717, 1.165) is 64.4 Å². The average Bonchev–Trinajstić information content (AvgIpc) is 2.52. The van der Waals surface area contributed by atoms with Crippen molar-refractivity contribution in [1.82, 2.24) is 15.5 Å². The highest BCUT2D eigenvalue weighted by Gasteiger charge is 2.14. The third-order valence-electron chi connectivity index (χ3n) is 4.69. The molecule has 5 heteroatoms. The molecule has 2 aliphatic rings. The van der Waals surface area contributed by atoms with Crippen molar-refractivity contribution in [3.8, 4) is 0 Å². The number of nitrogens with zero attached hydrogens (tertiary/aromatic N) is 1. The van der Waals surface area contributed by atoms with Crippen LogP contribution in [0.2, 0.25) is 0 Å². The van der Waals surface area contributed by atoms with Crippen LogP contribution in [0.3, 0.4) is 0 Å². The minimum absolute atomic E-state index is 0. The van der Waals surface area contributed by atoms with Crippen LogP contribution in [0.4, 0.5) is 0 Å². The lowest BCUT2D eigenvalue weighted by Gasteiger charge is -2.27. The predicted octanol–water partition coefficient (Wildman–Crippen LogP) is 2.18. The number of piperazine rings is 1. The molecule has 1 heterocycles. The van der Waals surface area contributed by atoms with Gasteiger partial charge in [-0.25, -0.2) is 0 Å². The minimum atomic E-state index is 0. The van der Waals surface area contributed by atoms with Gasteiger partial charge in [0.15, 0.2) is 0 Å². The van der Waals surface area contributed by atoms with Crippen molar-refractivity contribution in [2.45, 2.75) is 51.4 Å². The Kier molecular flexibility index (Phi) is 10.1. The van der Waals surface area contributed by atoms with Gasteiger partial charge in [-0.3, -0.25) is 4.79 Å². The van der Waals surface area contributed by atoms with Gasteiger partial charge in [-0.15, -0.1) is 12.4 Å². The summed E-state index contributed by atoms with van der Waals surface area (Å²) in [5.74, 6) is 1.08. The Morgan fingerprint density at radius 1 is 1.14 bits per heavy atom. The molecule has 1 saturated carbocycles. The molecular weight excluding hydrogens is 286 g/mol. The third-order valence-corrected chi connectivity index (χ3v) is 4.69. The van der Waals surface area contributed by atoms with Gasteiger partial charge in [0.2, 0.25) is 5.91 Å². The zero-order valence-corrected chi connectivity index (χ0v) is 14.1. The van der Waals surface area contributed by atoms with Crippen LogP contribution in [0.5, 0.6) is 0 Å². The second kappa shape index (κ2) is 11.3. The van der Waals surface area contributed by atoms with Crippen molar-refractivity contribution >= 4 is 18.3 Å². The molecule has 0 aromatic heterocycles. The van der Waals surface area contributed by atoms with E-state index in [0.29, 0.717) is 0 Å². The first-order valence-corrected chi connectivity index (χ1v) is 8.54. The van der Waals surface area contributed by atoms with Crippen LogP contribution in [0.25, 0.3) is 0 Å². The van der Waals surface area contributed by atoms with Gasteiger partial charge >= 0.3 is 0 Å². The fourth-order valence-electron chi connectivity index (χ4n) is 3.36. The van der Waals surface area contributed by atoms with Crippen molar-refractivity contribution in [2.24, 2.45) is 5.92 Å². The Balaban J connectivity index is 0.00000220. The SMILES string of the molecule is Cl.O=C(CCC1CCCCC1)NCCCN1CCNCC1. The van der Waals surface area contributed by atoms with Crippen molar-refractivity contribution < 1.29 is 4.79 Å². The summed E-state index contributed by atoms with van der Waals surface area (Å²) in [6.07, 6.45) is 9.74. The number of rotatable bonds is 7.